The quantitative estimate of drug-likeness (QED) is 0.784. The van der Waals surface area contributed by atoms with Crippen LogP contribution in [0.5, 0.6) is 0 Å². The first kappa shape index (κ1) is 17.6. The number of rotatable bonds is 4. The Labute approximate surface area is 146 Å². The highest BCUT2D eigenvalue weighted by Crippen LogP contribution is 2.35. The molecule has 0 saturated heterocycles. The molecule has 0 amide bonds. The standard InChI is InChI=1S/C18H18FNO4S/c1-2-24-18(21)17-16-9-8-14(19)12-13(16)10-11-20(17)25(22,23)15-6-4-3-5-7-15/h3-9,12,17H,2,10-11H2,1H3. The number of benzene rings is 2. The molecule has 2 aromatic rings. The van der Waals surface area contributed by atoms with Crippen molar-refractivity contribution in [2.45, 2.75) is 24.3 Å². The van der Waals surface area contributed by atoms with Crippen LogP contribution in [0.25, 0.3) is 0 Å². The number of carbonyl (C=O) groups excluding carboxylic acids is 1. The average Bonchev–Trinajstić information content (AvgIpc) is 2.61. The fourth-order valence-corrected chi connectivity index (χ4v) is 4.61. The van der Waals surface area contributed by atoms with Gasteiger partial charge in [0.2, 0.25) is 10.0 Å². The molecule has 5 nitrogen and oxygen atoms in total. The second kappa shape index (κ2) is 6.93. The van der Waals surface area contributed by atoms with Gasteiger partial charge in [-0.1, -0.05) is 24.3 Å². The van der Waals surface area contributed by atoms with Gasteiger partial charge >= 0.3 is 5.97 Å². The molecule has 1 unspecified atom stereocenters. The molecule has 1 heterocycles. The van der Waals surface area contributed by atoms with Crippen molar-refractivity contribution in [1.29, 1.82) is 0 Å². The van der Waals surface area contributed by atoms with E-state index in [-0.39, 0.29) is 18.0 Å². The van der Waals surface area contributed by atoms with Crippen LogP contribution < -0.4 is 0 Å². The highest BCUT2D eigenvalue weighted by Gasteiger charge is 2.41. The zero-order chi connectivity index (χ0) is 18.0. The highest BCUT2D eigenvalue weighted by molar-refractivity contribution is 7.89. The molecule has 0 aliphatic carbocycles. The van der Waals surface area contributed by atoms with Crippen molar-refractivity contribution in [2.75, 3.05) is 13.2 Å². The smallest absolute Gasteiger partial charge is 0.329 e. The van der Waals surface area contributed by atoms with Crippen LogP contribution in [-0.2, 0) is 26.0 Å². The van der Waals surface area contributed by atoms with Gasteiger partial charge in [-0.15, -0.1) is 0 Å². The van der Waals surface area contributed by atoms with Crippen molar-refractivity contribution >= 4 is 16.0 Å². The van der Waals surface area contributed by atoms with Gasteiger partial charge in [0.25, 0.3) is 0 Å². The van der Waals surface area contributed by atoms with Crippen molar-refractivity contribution in [1.82, 2.24) is 4.31 Å². The number of nitrogens with zero attached hydrogens (tertiary/aromatic N) is 1. The largest absolute Gasteiger partial charge is 0.465 e. The van der Waals surface area contributed by atoms with Crippen LogP contribution in [0.3, 0.4) is 0 Å². The van der Waals surface area contributed by atoms with E-state index in [2.05, 4.69) is 0 Å². The summed E-state index contributed by atoms with van der Waals surface area (Å²) in [5.41, 5.74) is 1.09. The van der Waals surface area contributed by atoms with E-state index in [1.165, 1.54) is 30.3 Å². The summed E-state index contributed by atoms with van der Waals surface area (Å²) < 4.78 is 45.8. The summed E-state index contributed by atoms with van der Waals surface area (Å²) in [5, 5.41) is 0. The first-order valence-corrected chi connectivity index (χ1v) is 9.41. The maximum Gasteiger partial charge on any atom is 0.329 e. The Morgan fingerprint density at radius 1 is 1.24 bits per heavy atom. The maximum absolute atomic E-state index is 13.5. The third kappa shape index (κ3) is 3.29. The minimum atomic E-state index is -3.89. The van der Waals surface area contributed by atoms with Crippen molar-refractivity contribution < 1.29 is 22.3 Å². The van der Waals surface area contributed by atoms with Gasteiger partial charge in [0.05, 0.1) is 11.5 Å². The molecule has 3 rings (SSSR count). The molecule has 0 spiro atoms. The Hall–Kier alpha value is -2.25. The van der Waals surface area contributed by atoms with E-state index in [1.807, 2.05) is 0 Å². The van der Waals surface area contributed by atoms with Gasteiger partial charge in [-0.05, 0) is 48.7 Å². The number of hydrogen-bond donors (Lipinski definition) is 0. The lowest BCUT2D eigenvalue weighted by Gasteiger charge is -2.34. The molecular formula is C18H18FNO4S. The van der Waals surface area contributed by atoms with Gasteiger partial charge in [-0.2, -0.15) is 4.31 Å². The Kier molecular flexibility index (Phi) is 4.87. The number of halogens is 1. The average molecular weight is 363 g/mol. The second-order valence-electron chi connectivity index (χ2n) is 5.68. The first-order valence-electron chi connectivity index (χ1n) is 7.97. The number of ether oxygens (including phenoxy) is 1. The lowest BCUT2D eigenvalue weighted by atomic mass is 9.94. The molecule has 1 aliphatic heterocycles. The van der Waals surface area contributed by atoms with Gasteiger partial charge in [-0.3, -0.25) is 0 Å². The molecule has 0 fully saturated rings. The summed E-state index contributed by atoms with van der Waals surface area (Å²) in [6, 6.07) is 10.8. The monoisotopic (exact) mass is 363 g/mol. The molecule has 1 atom stereocenters. The molecule has 1 aliphatic rings. The van der Waals surface area contributed by atoms with Crippen LogP contribution >= 0.6 is 0 Å². The maximum atomic E-state index is 13.5. The summed E-state index contributed by atoms with van der Waals surface area (Å²) >= 11 is 0. The van der Waals surface area contributed by atoms with Crippen LogP contribution in [-0.4, -0.2) is 31.8 Å². The SMILES string of the molecule is CCOC(=O)C1c2ccc(F)cc2CCN1S(=O)(=O)c1ccccc1. The predicted molar refractivity (Wildman–Crippen MR) is 89.8 cm³/mol. The first-order chi connectivity index (χ1) is 11.9. The summed E-state index contributed by atoms with van der Waals surface area (Å²) in [5.74, 6) is -1.07. The number of sulfonamides is 1. The van der Waals surface area contributed by atoms with Crippen LogP contribution in [0.4, 0.5) is 4.39 Å². The summed E-state index contributed by atoms with van der Waals surface area (Å²) in [6.45, 7) is 1.87. The normalized spacial score (nSPS) is 17.8. The van der Waals surface area contributed by atoms with Crippen LogP contribution in [0.1, 0.15) is 24.1 Å². The van der Waals surface area contributed by atoms with E-state index < -0.39 is 27.9 Å². The van der Waals surface area contributed by atoms with E-state index in [9.17, 15) is 17.6 Å². The number of fused-ring (bicyclic) bond motifs is 1. The van der Waals surface area contributed by atoms with Crippen molar-refractivity contribution in [3.8, 4) is 0 Å². The Morgan fingerprint density at radius 3 is 2.64 bits per heavy atom. The van der Waals surface area contributed by atoms with Gasteiger partial charge in [0.15, 0.2) is 0 Å². The fourth-order valence-electron chi connectivity index (χ4n) is 3.02. The van der Waals surface area contributed by atoms with Gasteiger partial charge in [-0.25, -0.2) is 17.6 Å². The van der Waals surface area contributed by atoms with Crippen LogP contribution in [0.15, 0.2) is 53.4 Å². The van der Waals surface area contributed by atoms with Gasteiger partial charge in [0, 0.05) is 6.54 Å². The second-order valence-corrected chi connectivity index (χ2v) is 7.57. The van der Waals surface area contributed by atoms with E-state index >= 15 is 0 Å². The molecular weight excluding hydrogens is 345 g/mol. The molecule has 7 heteroatoms. The molecule has 0 radical (unpaired) electrons. The predicted octanol–water partition coefficient (Wildman–Crippen LogP) is 2.68. The summed E-state index contributed by atoms with van der Waals surface area (Å²) in [7, 11) is -3.89. The lowest BCUT2D eigenvalue weighted by molar-refractivity contribution is -0.148. The van der Waals surface area contributed by atoms with E-state index in [0.717, 1.165) is 4.31 Å². The number of esters is 1. The molecule has 2 aromatic carbocycles. The van der Waals surface area contributed by atoms with Gasteiger partial charge < -0.3 is 4.74 Å². The Bertz CT molecular complexity index is 883. The van der Waals surface area contributed by atoms with Crippen molar-refractivity contribution in [3.05, 3.63) is 65.5 Å². The molecule has 132 valence electrons. The van der Waals surface area contributed by atoms with Crippen molar-refractivity contribution in [3.63, 3.8) is 0 Å². The van der Waals surface area contributed by atoms with E-state index in [4.69, 9.17) is 4.74 Å². The van der Waals surface area contributed by atoms with Crippen LogP contribution in [0, 0.1) is 5.82 Å². The third-order valence-corrected chi connectivity index (χ3v) is 6.03. The number of carbonyl (C=O) groups is 1. The zero-order valence-corrected chi connectivity index (χ0v) is 14.5. The van der Waals surface area contributed by atoms with Crippen LogP contribution in [0.2, 0.25) is 0 Å². The summed E-state index contributed by atoms with van der Waals surface area (Å²) in [4.78, 5) is 12.6. The van der Waals surface area contributed by atoms with E-state index in [0.29, 0.717) is 17.5 Å². The zero-order valence-electron chi connectivity index (χ0n) is 13.7. The molecule has 0 saturated carbocycles. The molecule has 0 bridgehead atoms. The minimum absolute atomic E-state index is 0.0805. The topological polar surface area (TPSA) is 63.7 Å². The van der Waals surface area contributed by atoms with E-state index in [1.54, 1.807) is 25.1 Å². The summed E-state index contributed by atoms with van der Waals surface area (Å²) in [6.07, 6.45) is 0.328. The van der Waals surface area contributed by atoms with Crippen molar-refractivity contribution in [2.24, 2.45) is 0 Å². The lowest BCUT2D eigenvalue weighted by Crippen LogP contribution is -2.44. The Balaban J connectivity index is 2.10. The molecule has 0 N–H and O–H groups in total. The van der Waals surface area contributed by atoms with Gasteiger partial charge in [0.1, 0.15) is 11.9 Å². The molecule has 25 heavy (non-hydrogen) atoms. The minimum Gasteiger partial charge on any atom is -0.465 e. The highest BCUT2D eigenvalue weighted by atomic mass is 32.2. The molecule has 0 aromatic heterocycles. The Morgan fingerprint density at radius 2 is 1.96 bits per heavy atom. The number of hydrogen-bond acceptors (Lipinski definition) is 4. The third-order valence-electron chi connectivity index (χ3n) is 4.15. The fraction of sp³-hybridized carbons (Fsp3) is 0.278.